The van der Waals surface area contributed by atoms with Crippen LogP contribution in [0.15, 0.2) is 35.4 Å². The van der Waals surface area contributed by atoms with Crippen molar-refractivity contribution in [3.05, 3.63) is 46.7 Å². The fraction of sp³-hybridized carbons (Fsp3) is 0.357. The largest absolute Gasteiger partial charge is 0.313 e. The van der Waals surface area contributed by atoms with E-state index < -0.39 is 10.0 Å². The summed E-state index contributed by atoms with van der Waals surface area (Å²) in [5, 5.41) is 10.4. The van der Waals surface area contributed by atoms with E-state index in [0.717, 1.165) is 5.56 Å². The molecule has 6 nitrogen and oxygen atoms in total. The molecular weight excluding hydrogens is 324 g/mol. The molecule has 0 spiro atoms. The van der Waals surface area contributed by atoms with Gasteiger partial charge in [-0.25, -0.2) is 8.42 Å². The summed E-state index contributed by atoms with van der Waals surface area (Å²) in [6, 6.07) is 7.03. The minimum Gasteiger partial charge on any atom is -0.313 e. The number of piperazine rings is 1. The number of H-pyrrole nitrogens is 1. The maximum absolute atomic E-state index is 12.9. The van der Waals surface area contributed by atoms with Crippen LogP contribution in [-0.4, -0.2) is 42.6 Å². The fourth-order valence-corrected chi connectivity index (χ4v) is 4.63. The number of sulfonamides is 1. The van der Waals surface area contributed by atoms with Crippen molar-refractivity contribution in [2.75, 3.05) is 19.6 Å². The van der Waals surface area contributed by atoms with Crippen LogP contribution in [-0.2, 0) is 10.0 Å². The molecule has 1 saturated heterocycles. The van der Waals surface area contributed by atoms with Crippen LogP contribution in [0.1, 0.15) is 17.3 Å². The van der Waals surface area contributed by atoms with E-state index in [-0.39, 0.29) is 10.9 Å². The summed E-state index contributed by atoms with van der Waals surface area (Å²) >= 11 is 6.05. The molecule has 8 heteroatoms. The van der Waals surface area contributed by atoms with Gasteiger partial charge < -0.3 is 5.32 Å². The third kappa shape index (κ3) is 2.77. The number of nitrogens with one attached hydrogen (secondary N) is 2. The third-order valence-electron chi connectivity index (χ3n) is 3.80. The van der Waals surface area contributed by atoms with Gasteiger partial charge in [0, 0.05) is 24.7 Å². The molecule has 0 saturated carbocycles. The Balaban J connectivity index is 2.02. The molecule has 1 atom stereocenters. The van der Waals surface area contributed by atoms with Crippen LogP contribution >= 0.6 is 11.6 Å². The lowest BCUT2D eigenvalue weighted by Gasteiger charge is -2.35. The van der Waals surface area contributed by atoms with Gasteiger partial charge in [-0.05, 0) is 24.6 Å². The number of halogens is 1. The highest BCUT2D eigenvalue weighted by atomic mass is 35.5. The van der Waals surface area contributed by atoms with Gasteiger partial charge >= 0.3 is 0 Å². The number of rotatable bonds is 3. The van der Waals surface area contributed by atoms with Gasteiger partial charge in [0.05, 0.1) is 17.9 Å². The van der Waals surface area contributed by atoms with Crippen LogP contribution in [0.3, 0.4) is 0 Å². The molecule has 1 aromatic carbocycles. The molecule has 0 bridgehead atoms. The van der Waals surface area contributed by atoms with Gasteiger partial charge in [-0.2, -0.15) is 9.40 Å². The molecule has 2 aromatic rings. The third-order valence-corrected chi connectivity index (χ3v) is 6.06. The van der Waals surface area contributed by atoms with E-state index in [9.17, 15) is 8.42 Å². The smallest absolute Gasteiger partial charge is 0.247 e. The van der Waals surface area contributed by atoms with E-state index in [2.05, 4.69) is 15.5 Å². The van der Waals surface area contributed by atoms with Crippen molar-refractivity contribution in [1.82, 2.24) is 19.8 Å². The molecule has 1 aromatic heterocycles. The number of aromatic nitrogens is 2. The Labute approximate surface area is 134 Å². The zero-order chi connectivity index (χ0) is 15.7. The second-order valence-corrected chi connectivity index (χ2v) is 7.55. The normalized spacial score (nSPS) is 20.2. The highest BCUT2D eigenvalue weighted by molar-refractivity contribution is 7.89. The quantitative estimate of drug-likeness (QED) is 0.891. The highest BCUT2D eigenvalue weighted by Gasteiger charge is 2.35. The van der Waals surface area contributed by atoms with Crippen molar-refractivity contribution in [2.45, 2.75) is 17.9 Å². The molecule has 0 radical (unpaired) electrons. The Kier molecular flexibility index (Phi) is 4.22. The van der Waals surface area contributed by atoms with E-state index in [4.69, 9.17) is 11.6 Å². The standard InChI is InChI=1S/C14H17ClN4O2S/c1-10-14(9-17-18-10)22(20,21)19-6-5-16-8-13(19)11-3-2-4-12(15)7-11/h2-4,7,9,13,16H,5-6,8H2,1H3,(H,17,18). The van der Waals surface area contributed by atoms with E-state index in [1.165, 1.54) is 10.5 Å². The molecule has 2 N–H and O–H groups in total. The second-order valence-electron chi connectivity index (χ2n) is 5.25. The minimum atomic E-state index is -3.60. The van der Waals surface area contributed by atoms with Crippen molar-refractivity contribution < 1.29 is 8.42 Å². The maximum atomic E-state index is 12.9. The molecule has 0 amide bonds. The molecule has 118 valence electrons. The van der Waals surface area contributed by atoms with Gasteiger partial charge in [0.1, 0.15) is 4.90 Å². The van der Waals surface area contributed by atoms with Crippen LogP contribution in [0.2, 0.25) is 5.02 Å². The molecule has 1 aliphatic heterocycles. The molecule has 22 heavy (non-hydrogen) atoms. The summed E-state index contributed by atoms with van der Waals surface area (Å²) in [6.45, 7) is 3.28. The first-order valence-electron chi connectivity index (χ1n) is 6.98. The number of hydrogen-bond donors (Lipinski definition) is 2. The van der Waals surface area contributed by atoms with Crippen LogP contribution in [0.25, 0.3) is 0 Å². The molecular formula is C14H17ClN4O2S. The van der Waals surface area contributed by atoms with Crippen LogP contribution in [0, 0.1) is 6.92 Å². The first kappa shape index (κ1) is 15.5. The second kappa shape index (κ2) is 6.00. The maximum Gasteiger partial charge on any atom is 0.247 e. The van der Waals surface area contributed by atoms with Crippen LogP contribution in [0.5, 0.6) is 0 Å². The SMILES string of the molecule is Cc1[nH]ncc1S(=O)(=O)N1CCNCC1c1cccc(Cl)c1. The van der Waals surface area contributed by atoms with Crippen molar-refractivity contribution >= 4 is 21.6 Å². The number of aromatic amines is 1. The summed E-state index contributed by atoms with van der Waals surface area (Å²) in [7, 11) is -3.60. The van der Waals surface area contributed by atoms with Crippen molar-refractivity contribution in [3.8, 4) is 0 Å². The summed E-state index contributed by atoms with van der Waals surface area (Å²) in [6.07, 6.45) is 1.36. The first-order valence-corrected chi connectivity index (χ1v) is 8.80. The Bertz CT molecular complexity index is 775. The van der Waals surface area contributed by atoms with E-state index in [0.29, 0.717) is 30.4 Å². The Morgan fingerprint density at radius 3 is 2.91 bits per heavy atom. The summed E-state index contributed by atoms with van der Waals surface area (Å²) in [5.74, 6) is 0. The predicted octanol–water partition coefficient (Wildman–Crippen LogP) is 1.71. The lowest BCUT2D eigenvalue weighted by molar-refractivity contribution is 0.271. The number of nitrogens with zero attached hydrogens (tertiary/aromatic N) is 2. The minimum absolute atomic E-state index is 0.224. The van der Waals surface area contributed by atoms with Gasteiger partial charge in [0.25, 0.3) is 0 Å². The monoisotopic (exact) mass is 340 g/mol. The number of aryl methyl sites for hydroxylation is 1. The summed E-state index contributed by atoms with van der Waals surface area (Å²) < 4.78 is 27.4. The van der Waals surface area contributed by atoms with Crippen LogP contribution < -0.4 is 5.32 Å². The van der Waals surface area contributed by atoms with E-state index in [1.807, 2.05) is 18.2 Å². The topological polar surface area (TPSA) is 78.1 Å². The molecule has 1 unspecified atom stereocenters. The number of hydrogen-bond acceptors (Lipinski definition) is 4. The fourth-order valence-electron chi connectivity index (χ4n) is 2.70. The van der Waals surface area contributed by atoms with Gasteiger partial charge in [-0.3, -0.25) is 5.10 Å². The molecule has 1 aliphatic rings. The lowest BCUT2D eigenvalue weighted by Crippen LogP contribution is -2.48. The molecule has 1 fully saturated rings. The van der Waals surface area contributed by atoms with Gasteiger partial charge in [0.2, 0.25) is 10.0 Å². The molecule has 3 rings (SSSR count). The Hall–Kier alpha value is -1.41. The summed E-state index contributed by atoms with van der Waals surface area (Å²) in [4.78, 5) is 0.224. The molecule has 0 aliphatic carbocycles. The van der Waals surface area contributed by atoms with Crippen molar-refractivity contribution in [2.24, 2.45) is 0 Å². The van der Waals surface area contributed by atoms with E-state index in [1.54, 1.807) is 13.0 Å². The first-order chi connectivity index (χ1) is 10.5. The Morgan fingerprint density at radius 1 is 1.41 bits per heavy atom. The van der Waals surface area contributed by atoms with Gasteiger partial charge in [0.15, 0.2) is 0 Å². The van der Waals surface area contributed by atoms with Gasteiger partial charge in [-0.15, -0.1) is 0 Å². The zero-order valence-corrected chi connectivity index (χ0v) is 13.7. The van der Waals surface area contributed by atoms with Crippen molar-refractivity contribution in [1.29, 1.82) is 0 Å². The van der Waals surface area contributed by atoms with Crippen LogP contribution in [0.4, 0.5) is 0 Å². The van der Waals surface area contributed by atoms with E-state index >= 15 is 0 Å². The average Bonchev–Trinajstić information content (AvgIpc) is 2.94. The summed E-state index contributed by atoms with van der Waals surface area (Å²) in [5.41, 5.74) is 1.42. The average molecular weight is 341 g/mol. The Morgan fingerprint density at radius 2 is 2.23 bits per heavy atom. The lowest BCUT2D eigenvalue weighted by atomic mass is 10.1. The van der Waals surface area contributed by atoms with Crippen molar-refractivity contribution in [3.63, 3.8) is 0 Å². The van der Waals surface area contributed by atoms with Gasteiger partial charge in [-0.1, -0.05) is 23.7 Å². The zero-order valence-electron chi connectivity index (χ0n) is 12.1. The molecule has 2 heterocycles. The predicted molar refractivity (Wildman–Crippen MR) is 84.3 cm³/mol. The highest BCUT2D eigenvalue weighted by Crippen LogP contribution is 2.30. The number of benzene rings is 1.